The van der Waals surface area contributed by atoms with Crippen LogP contribution in [0.15, 0.2) is 59.7 Å². The van der Waals surface area contributed by atoms with Gasteiger partial charge in [-0.05, 0) is 35.9 Å². The molecule has 0 saturated heterocycles. The molecule has 0 aliphatic rings. The van der Waals surface area contributed by atoms with Gasteiger partial charge in [-0.2, -0.15) is 0 Å². The molecule has 0 amide bonds. The Hall–Kier alpha value is -2.99. The van der Waals surface area contributed by atoms with Crippen LogP contribution in [0.5, 0.6) is 11.5 Å². The highest BCUT2D eigenvalue weighted by atomic mass is 35.5. The quantitative estimate of drug-likeness (QED) is 0.718. The monoisotopic (exact) mass is 371 g/mol. The summed E-state index contributed by atoms with van der Waals surface area (Å²) < 4.78 is 11.8. The van der Waals surface area contributed by atoms with E-state index in [2.05, 4.69) is 10.3 Å². The van der Waals surface area contributed by atoms with Crippen molar-refractivity contribution in [1.29, 1.82) is 0 Å². The number of anilines is 1. The summed E-state index contributed by atoms with van der Waals surface area (Å²) in [6.07, 6.45) is 3.16. The Morgan fingerprint density at radius 3 is 2.73 bits per heavy atom. The summed E-state index contributed by atoms with van der Waals surface area (Å²) in [5.41, 5.74) is 1.35. The number of benzene rings is 2. The molecular weight excluding hydrogens is 354 g/mol. The van der Waals surface area contributed by atoms with E-state index in [1.165, 1.54) is 4.57 Å². The van der Waals surface area contributed by atoms with Crippen LogP contribution in [-0.4, -0.2) is 23.8 Å². The van der Waals surface area contributed by atoms with Gasteiger partial charge in [0.1, 0.15) is 11.5 Å². The molecule has 1 heterocycles. The highest BCUT2D eigenvalue weighted by Gasteiger charge is 2.09. The Labute approximate surface area is 156 Å². The fourth-order valence-corrected chi connectivity index (χ4v) is 2.76. The van der Waals surface area contributed by atoms with Gasteiger partial charge in [0.05, 0.1) is 24.9 Å². The first-order chi connectivity index (χ1) is 12.6. The van der Waals surface area contributed by atoms with Gasteiger partial charge in [-0.15, -0.1) is 0 Å². The van der Waals surface area contributed by atoms with Crippen molar-refractivity contribution in [1.82, 2.24) is 9.55 Å². The third-order valence-electron chi connectivity index (χ3n) is 3.85. The zero-order valence-electron chi connectivity index (χ0n) is 14.4. The first-order valence-electron chi connectivity index (χ1n) is 7.90. The molecule has 0 fully saturated rings. The van der Waals surface area contributed by atoms with E-state index in [9.17, 15) is 4.79 Å². The van der Waals surface area contributed by atoms with Crippen LogP contribution in [0.3, 0.4) is 0 Å². The zero-order chi connectivity index (χ0) is 18.5. The number of hydrogen-bond donors (Lipinski definition) is 1. The molecule has 0 unspecified atom stereocenters. The molecule has 0 saturated carbocycles. The van der Waals surface area contributed by atoms with Crippen LogP contribution in [-0.2, 0) is 6.54 Å². The second-order valence-corrected chi connectivity index (χ2v) is 5.88. The molecule has 3 rings (SSSR count). The molecule has 1 N–H and O–H groups in total. The highest BCUT2D eigenvalue weighted by molar-refractivity contribution is 6.32. The van der Waals surface area contributed by atoms with Gasteiger partial charge in [-0.25, -0.2) is 4.98 Å². The predicted molar refractivity (Wildman–Crippen MR) is 102 cm³/mol. The van der Waals surface area contributed by atoms with Crippen LogP contribution in [0.1, 0.15) is 5.56 Å². The van der Waals surface area contributed by atoms with Crippen LogP contribution in [0.25, 0.3) is 5.69 Å². The van der Waals surface area contributed by atoms with E-state index in [1.807, 2.05) is 24.3 Å². The molecular formula is C19H18ClN3O3. The smallest absolute Gasteiger partial charge is 0.297 e. The third kappa shape index (κ3) is 3.81. The summed E-state index contributed by atoms with van der Waals surface area (Å²) in [4.78, 5) is 16.9. The van der Waals surface area contributed by atoms with E-state index < -0.39 is 0 Å². The fraction of sp³-hybridized carbons (Fsp3) is 0.158. The van der Waals surface area contributed by atoms with E-state index >= 15 is 0 Å². The second kappa shape index (κ2) is 7.93. The van der Waals surface area contributed by atoms with Crippen molar-refractivity contribution in [2.75, 3.05) is 19.5 Å². The lowest BCUT2D eigenvalue weighted by Gasteiger charge is -2.11. The molecule has 0 spiro atoms. The van der Waals surface area contributed by atoms with Crippen molar-refractivity contribution >= 4 is 17.4 Å². The number of aromatic nitrogens is 2. The molecule has 2 aromatic carbocycles. The molecule has 134 valence electrons. The summed E-state index contributed by atoms with van der Waals surface area (Å²) in [5.74, 6) is 1.56. The predicted octanol–water partition coefficient (Wildman–Crippen LogP) is 3.52. The molecule has 6 nitrogen and oxygen atoms in total. The number of nitrogens with zero attached hydrogens (tertiary/aromatic N) is 2. The largest absolute Gasteiger partial charge is 0.497 e. The second-order valence-electron chi connectivity index (χ2n) is 5.47. The van der Waals surface area contributed by atoms with E-state index in [0.717, 1.165) is 11.3 Å². The van der Waals surface area contributed by atoms with Crippen LogP contribution in [0, 0.1) is 0 Å². The molecule has 26 heavy (non-hydrogen) atoms. The third-order valence-corrected chi connectivity index (χ3v) is 4.14. The maximum absolute atomic E-state index is 12.7. The number of nitrogens with one attached hydrogen (secondary N) is 1. The van der Waals surface area contributed by atoms with Gasteiger partial charge < -0.3 is 14.8 Å². The van der Waals surface area contributed by atoms with Gasteiger partial charge in [0, 0.05) is 18.9 Å². The molecule has 0 aliphatic carbocycles. The van der Waals surface area contributed by atoms with Crippen molar-refractivity contribution in [3.05, 3.63) is 75.8 Å². The zero-order valence-corrected chi connectivity index (χ0v) is 15.2. The number of methoxy groups -OCH3 is 2. The van der Waals surface area contributed by atoms with Crippen molar-refractivity contribution in [2.24, 2.45) is 0 Å². The van der Waals surface area contributed by atoms with Gasteiger partial charge in [0.15, 0.2) is 5.82 Å². The van der Waals surface area contributed by atoms with Crippen LogP contribution >= 0.6 is 11.6 Å². The average molecular weight is 372 g/mol. The van der Waals surface area contributed by atoms with Crippen LogP contribution in [0.4, 0.5) is 5.82 Å². The first kappa shape index (κ1) is 17.8. The number of halogens is 1. The van der Waals surface area contributed by atoms with Crippen LogP contribution in [0.2, 0.25) is 5.02 Å². The lowest BCUT2D eigenvalue weighted by Crippen LogP contribution is -2.23. The van der Waals surface area contributed by atoms with Gasteiger partial charge in [0.2, 0.25) is 0 Å². The van der Waals surface area contributed by atoms with Gasteiger partial charge in [-0.3, -0.25) is 9.36 Å². The summed E-state index contributed by atoms with van der Waals surface area (Å²) in [6, 6.07) is 12.8. The topological polar surface area (TPSA) is 65.4 Å². The van der Waals surface area contributed by atoms with E-state index in [4.69, 9.17) is 21.1 Å². The maximum atomic E-state index is 12.7. The average Bonchev–Trinajstić information content (AvgIpc) is 2.67. The Bertz CT molecular complexity index is 972. The minimum Gasteiger partial charge on any atom is -0.497 e. The summed E-state index contributed by atoms with van der Waals surface area (Å²) in [6.45, 7) is 0.451. The lowest BCUT2D eigenvalue weighted by molar-refractivity contribution is 0.414. The Kier molecular flexibility index (Phi) is 5.43. The van der Waals surface area contributed by atoms with E-state index in [1.54, 1.807) is 44.8 Å². The number of hydrogen-bond acceptors (Lipinski definition) is 5. The summed E-state index contributed by atoms with van der Waals surface area (Å²) in [5, 5.41) is 3.50. The lowest BCUT2D eigenvalue weighted by atomic mass is 10.2. The highest BCUT2D eigenvalue weighted by Crippen LogP contribution is 2.26. The Morgan fingerprint density at radius 2 is 2.00 bits per heavy atom. The molecule has 0 bridgehead atoms. The standard InChI is InChI=1S/C19H18ClN3O3/c1-25-15-5-3-4-13(10-15)12-22-18-19(24)23(9-8-21-18)14-6-7-17(26-2)16(20)11-14/h3-11H,12H2,1-2H3,(H,21,22). The van der Waals surface area contributed by atoms with Crippen molar-refractivity contribution in [3.63, 3.8) is 0 Å². The Balaban J connectivity index is 1.85. The van der Waals surface area contributed by atoms with Crippen molar-refractivity contribution in [3.8, 4) is 17.2 Å². The minimum atomic E-state index is -0.267. The van der Waals surface area contributed by atoms with Gasteiger partial charge in [0.25, 0.3) is 5.56 Å². The first-order valence-corrected chi connectivity index (χ1v) is 8.28. The number of ether oxygens (including phenoxy) is 2. The normalized spacial score (nSPS) is 10.4. The summed E-state index contributed by atoms with van der Waals surface area (Å²) in [7, 11) is 3.16. The fourth-order valence-electron chi connectivity index (χ4n) is 2.51. The van der Waals surface area contributed by atoms with E-state index in [0.29, 0.717) is 23.0 Å². The van der Waals surface area contributed by atoms with Gasteiger partial charge in [-0.1, -0.05) is 23.7 Å². The minimum absolute atomic E-state index is 0.252. The SMILES string of the molecule is COc1cccc(CNc2nccn(-c3ccc(OC)c(Cl)c3)c2=O)c1. The molecule has 3 aromatic rings. The molecule has 7 heteroatoms. The molecule has 1 aromatic heterocycles. The molecule has 0 aliphatic heterocycles. The van der Waals surface area contributed by atoms with Gasteiger partial charge >= 0.3 is 0 Å². The van der Waals surface area contributed by atoms with Crippen LogP contribution < -0.4 is 20.3 Å². The number of rotatable bonds is 6. The van der Waals surface area contributed by atoms with E-state index in [-0.39, 0.29) is 11.4 Å². The molecule has 0 atom stereocenters. The maximum Gasteiger partial charge on any atom is 0.297 e. The van der Waals surface area contributed by atoms with Crippen molar-refractivity contribution in [2.45, 2.75) is 6.54 Å². The molecule has 0 radical (unpaired) electrons. The summed E-state index contributed by atoms with van der Waals surface area (Å²) >= 11 is 6.16. The van der Waals surface area contributed by atoms with Crippen molar-refractivity contribution < 1.29 is 9.47 Å². The Morgan fingerprint density at radius 1 is 1.15 bits per heavy atom.